The van der Waals surface area contributed by atoms with E-state index in [1.165, 1.54) is 17.7 Å². The van der Waals surface area contributed by atoms with Crippen LogP contribution in [-0.4, -0.2) is 26.6 Å². The van der Waals surface area contributed by atoms with Crippen LogP contribution in [0.3, 0.4) is 0 Å². The lowest BCUT2D eigenvalue weighted by molar-refractivity contribution is 0.102. The van der Waals surface area contributed by atoms with Crippen molar-refractivity contribution in [1.29, 1.82) is 0 Å². The van der Waals surface area contributed by atoms with Crippen LogP contribution in [0.2, 0.25) is 0 Å². The smallest absolute Gasteiger partial charge is 0.265 e. The van der Waals surface area contributed by atoms with Gasteiger partial charge in [-0.15, -0.1) is 11.3 Å². The minimum absolute atomic E-state index is 0.179. The molecule has 0 radical (unpaired) electrons. The molecule has 4 aromatic rings. The third kappa shape index (κ3) is 3.97. The lowest BCUT2D eigenvalue weighted by Crippen LogP contribution is -2.13. The molecule has 0 saturated carbocycles. The Labute approximate surface area is 164 Å². The zero-order valence-electron chi connectivity index (χ0n) is 14.6. The van der Waals surface area contributed by atoms with Gasteiger partial charge in [-0.1, -0.05) is 12.1 Å². The molecule has 0 atom stereocenters. The van der Waals surface area contributed by atoms with E-state index in [2.05, 4.69) is 20.7 Å². The average molecular weight is 389 g/mol. The molecule has 0 bridgehead atoms. The third-order valence-electron chi connectivity index (χ3n) is 3.94. The average Bonchev–Trinajstić information content (AvgIpc) is 3.42. The summed E-state index contributed by atoms with van der Waals surface area (Å²) in [5, 5.41) is 11.6. The fraction of sp³-hybridized carbons (Fsp3) is 0. The molecule has 0 saturated heterocycles. The number of nitrogens with one attached hydrogen (secondary N) is 2. The number of hydrogen-bond acceptors (Lipinski definition) is 5. The van der Waals surface area contributed by atoms with Gasteiger partial charge in [0.05, 0.1) is 10.6 Å². The second-order valence-corrected chi connectivity index (χ2v) is 6.80. The first-order chi connectivity index (χ1) is 13.7. The monoisotopic (exact) mass is 389 g/mol. The van der Waals surface area contributed by atoms with Crippen molar-refractivity contribution in [3.05, 3.63) is 89.1 Å². The number of thiophene rings is 1. The molecule has 0 aliphatic carbocycles. The molecule has 0 aliphatic rings. The van der Waals surface area contributed by atoms with Crippen LogP contribution in [0, 0.1) is 0 Å². The van der Waals surface area contributed by atoms with Crippen molar-refractivity contribution in [2.24, 2.45) is 0 Å². The Morgan fingerprint density at radius 3 is 2.29 bits per heavy atom. The normalized spacial score (nSPS) is 10.4. The Morgan fingerprint density at radius 2 is 1.64 bits per heavy atom. The maximum absolute atomic E-state index is 12.5. The maximum atomic E-state index is 12.5. The van der Waals surface area contributed by atoms with Gasteiger partial charge in [-0.3, -0.25) is 9.59 Å². The summed E-state index contributed by atoms with van der Waals surface area (Å²) in [6, 6.07) is 17.6. The molecular formula is C20H15N5O2S. The van der Waals surface area contributed by atoms with Crippen LogP contribution in [0.15, 0.2) is 78.7 Å². The topological polar surface area (TPSA) is 88.9 Å². The van der Waals surface area contributed by atoms with Gasteiger partial charge in [-0.05, 0) is 53.9 Å². The number of rotatable bonds is 5. The van der Waals surface area contributed by atoms with E-state index < -0.39 is 0 Å². The fourth-order valence-corrected chi connectivity index (χ4v) is 3.20. The molecule has 7 nitrogen and oxygen atoms in total. The summed E-state index contributed by atoms with van der Waals surface area (Å²) in [6.07, 6.45) is 3.04. The number of carbonyl (C=O) groups excluding carboxylic acids is 2. The molecule has 138 valence electrons. The second kappa shape index (κ2) is 7.85. The highest BCUT2D eigenvalue weighted by atomic mass is 32.1. The highest BCUT2D eigenvalue weighted by Crippen LogP contribution is 2.18. The zero-order chi connectivity index (χ0) is 19.3. The summed E-state index contributed by atoms with van der Waals surface area (Å²) >= 11 is 1.37. The Kier molecular flexibility index (Phi) is 4.94. The number of anilines is 2. The molecule has 2 aromatic carbocycles. The molecule has 8 heteroatoms. The summed E-state index contributed by atoms with van der Waals surface area (Å²) in [4.78, 5) is 29.2. The van der Waals surface area contributed by atoms with E-state index in [0.717, 1.165) is 5.69 Å². The van der Waals surface area contributed by atoms with Gasteiger partial charge in [0.2, 0.25) is 0 Å². The van der Waals surface area contributed by atoms with Crippen LogP contribution in [0.1, 0.15) is 20.0 Å². The van der Waals surface area contributed by atoms with Crippen LogP contribution in [0.4, 0.5) is 11.4 Å². The van der Waals surface area contributed by atoms with Crippen molar-refractivity contribution in [3.8, 4) is 5.69 Å². The summed E-state index contributed by atoms with van der Waals surface area (Å²) < 4.78 is 1.61. The second-order valence-electron chi connectivity index (χ2n) is 5.85. The number of benzene rings is 2. The van der Waals surface area contributed by atoms with Crippen LogP contribution >= 0.6 is 11.3 Å². The van der Waals surface area contributed by atoms with Crippen molar-refractivity contribution in [3.63, 3.8) is 0 Å². The summed E-state index contributed by atoms with van der Waals surface area (Å²) in [7, 11) is 0. The summed E-state index contributed by atoms with van der Waals surface area (Å²) in [6.45, 7) is 0. The summed E-state index contributed by atoms with van der Waals surface area (Å²) in [5.74, 6) is -0.422. The largest absolute Gasteiger partial charge is 0.322 e. The van der Waals surface area contributed by atoms with Crippen molar-refractivity contribution >= 4 is 34.5 Å². The van der Waals surface area contributed by atoms with Gasteiger partial charge in [-0.25, -0.2) is 9.67 Å². The molecule has 28 heavy (non-hydrogen) atoms. The SMILES string of the molecule is O=C(Nc1cccc(NC(=O)c2cccs2)c1)c1ccc(-n2cncn2)cc1. The van der Waals surface area contributed by atoms with E-state index in [1.807, 2.05) is 11.4 Å². The van der Waals surface area contributed by atoms with Crippen molar-refractivity contribution in [2.75, 3.05) is 10.6 Å². The van der Waals surface area contributed by atoms with E-state index in [-0.39, 0.29) is 11.8 Å². The zero-order valence-corrected chi connectivity index (χ0v) is 15.4. The molecule has 2 amide bonds. The van der Waals surface area contributed by atoms with E-state index >= 15 is 0 Å². The van der Waals surface area contributed by atoms with Gasteiger partial charge in [0.25, 0.3) is 11.8 Å². The molecular weight excluding hydrogens is 374 g/mol. The van der Waals surface area contributed by atoms with Gasteiger partial charge < -0.3 is 10.6 Å². The quantitative estimate of drug-likeness (QED) is 0.543. The molecule has 2 N–H and O–H groups in total. The molecule has 2 aromatic heterocycles. The number of amides is 2. The fourth-order valence-electron chi connectivity index (χ4n) is 2.59. The Balaban J connectivity index is 1.44. The Morgan fingerprint density at radius 1 is 0.893 bits per heavy atom. The van der Waals surface area contributed by atoms with E-state index in [0.29, 0.717) is 21.8 Å². The molecule has 2 heterocycles. The third-order valence-corrected chi connectivity index (χ3v) is 4.80. The number of aromatic nitrogens is 3. The molecule has 0 spiro atoms. The highest BCUT2D eigenvalue weighted by Gasteiger charge is 2.09. The van der Waals surface area contributed by atoms with Crippen LogP contribution in [0.5, 0.6) is 0 Å². The lowest BCUT2D eigenvalue weighted by Gasteiger charge is -2.09. The van der Waals surface area contributed by atoms with Crippen LogP contribution in [0.25, 0.3) is 5.69 Å². The Hall–Kier alpha value is -3.78. The predicted molar refractivity (Wildman–Crippen MR) is 108 cm³/mol. The number of carbonyl (C=O) groups is 2. The predicted octanol–water partition coefficient (Wildman–Crippen LogP) is 3.83. The first kappa shape index (κ1) is 17.6. The van der Waals surface area contributed by atoms with E-state index in [1.54, 1.807) is 65.6 Å². The number of nitrogens with zero attached hydrogens (tertiary/aromatic N) is 3. The van der Waals surface area contributed by atoms with Crippen molar-refractivity contribution in [1.82, 2.24) is 14.8 Å². The first-order valence-corrected chi connectivity index (χ1v) is 9.28. The maximum Gasteiger partial charge on any atom is 0.265 e. The van der Waals surface area contributed by atoms with Crippen molar-refractivity contribution < 1.29 is 9.59 Å². The van der Waals surface area contributed by atoms with E-state index in [4.69, 9.17) is 0 Å². The molecule has 0 aliphatic heterocycles. The minimum atomic E-state index is -0.244. The van der Waals surface area contributed by atoms with Gasteiger partial charge in [0, 0.05) is 16.9 Å². The summed E-state index contributed by atoms with van der Waals surface area (Å²) in [5.41, 5.74) is 2.52. The lowest BCUT2D eigenvalue weighted by atomic mass is 10.2. The minimum Gasteiger partial charge on any atom is -0.322 e. The Bertz CT molecular complexity index is 1090. The molecule has 0 fully saturated rings. The van der Waals surface area contributed by atoms with Crippen LogP contribution < -0.4 is 10.6 Å². The highest BCUT2D eigenvalue weighted by molar-refractivity contribution is 7.12. The standard InChI is InChI=1S/C20H15N5O2S/c26-19(14-6-8-17(9-7-14)25-13-21-12-22-25)23-15-3-1-4-16(11-15)24-20(27)18-5-2-10-28-18/h1-13H,(H,23,26)(H,24,27). The van der Waals surface area contributed by atoms with Gasteiger partial charge in [0.15, 0.2) is 0 Å². The van der Waals surface area contributed by atoms with Crippen molar-refractivity contribution in [2.45, 2.75) is 0 Å². The molecule has 0 unspecified atom stereocenters. The van der Waals surface area contributed by atoms with Crippen LogP contribution in [-0.2, 0) is 0 Å². The van der Waals surface area contributed by atoms with E-state index in [9.17, 15) is 9.59 Å². The molecule has 4 rings (SSSR count). The van der Waals surface area contributed by atoms with Gasteiger partial charge in [-0.2, -0.15) is 5.10 Å². The van der Waals surface area contributed by atoms with Gasteiger partial charge in [0.1, 0.15) is 12.7 Å². The first-order valence-electron chi connectivity index (χ1n) is 8.40. The van der Waals surface area contributed by atoms with Gasteiger partial charge >= 0.3 is 0 Å². The number of hydrogen-bond donors (Lipinski definition) is 2.